The molecule has 0 bridgehead atoms. The van der Waals surface area contributed by atoms with Crippen LogP contribution in [0.5, 0.6) is 5.75 Å². The summed E-state index contributed by atoms with van der Waals surface area (Å²) in [5.41, 5.74) is 2.21. The average Bonchev–Trinajstić information content (AvgIpc) is 3.07. The Morgan fingerprint density at radius 3 is 2.79 bits per heavy atom. The summed E-state index contributed by atoms with van der Waals surface area (Å²) >= 11 is 1.61. The van der Waals surface area contributed by atoms with Gasteiger partial charge in [-0.25, -0.2) is 14.9 Å². The molecule has 3 rings (SSSR count). The molecule has 2 N–H and O–H groups in total. The monoisotopic (exact) mass is 343 g/mol. The number of aromatic nitrogens is 4. The fourth-order valence-electron chi connectivity index (χ4n) is 2.17. The molecule has 2 heterocycles. The Hall–Kier alpha value is -2.74. The van der Waals surface area contributed by atoms with Crippen LogP contribution in [0.2, 0.25) is 0 Å². The van der Waals surface area contributed by atoms with Gasteiger partial charge in [-0.15, -0.1) is 11.3 Å². The van der Waals surface area contributed by atoms with E-state index in [1.54, 1.807) is 25.4 Å². The predicted octanol–water partition coefficient (Wildman–Crippen LogP) is 2.26. The predicted molar refractivity (Wildman–Crippen MR) is 93.7 cm³/mol. The van der Waals surface area contributed by atoms with E-state index in [1.165, 1.54) is 0 Å². The number of benzene rings is 1. The second kappa shape index (κ2) is 7.22. The van der Waals surface area contributed by atoms with Crippen LogP contribution >= 0.6 is 11.3 Å². The van der Waals surface area contributed by atoms with Gasteiger partial charge in [0.05, 0.1) is 17.8 Å². The Balaban J connectivity index is 1.61. The van der Waals surface area contributed by atoms with Gasteiger partial charge in [0.2, 0.25) is 0 Å². The quantitative estimate of drug-likeness (QED) is 0.713. The Labute approximate surface area is 142 Å². The lowest BCUT2D eigenvalue weighted by atomic mass is 10.2. The first kappa shape index (κ1) is 16.1. The number of anilines is 1. The van der Waals surface area contributed by atoms with Gasteiger partial charge in [-0.05, 0) is 31.2 Å². The number of ether oxygens (including phenoxy) is 1. The molecule has 0 aliphatic rings. The fraction of sp³-hybridized carbons (Fsp3) is 0.250. The van der Waals surface area contributed by atoms with Crippen LogP contribution in [0.1, 0.15) is 10.7 Å². The molecule has 24 heavy (non-hydrogen) atoms. The first-order valence-corrected chi connectivity index (χ1v) is 8.29. The molecule has 0 spiro atoms. The van der Waals surface area contributed by atoms with Crippen LogP contribution in [-0.2, 0) is 6.42 Å². The third kappa shape index (κ3) is 3.77. The van der Waals surface area contributed by atoms with Crippen molar-refractivity contribution >= 4 is 17.2 Å². The molecule has 8 heteroatoms. The van der Waals surface area contributed by atoms with Gasteiger partial charge in [-0.3, -0.25) is 0 Å². The van der Waals surface area contributed by atoms with E-state index in [-0.39, 0.29) is 0 Å². The van der Waals surface area contributed by atoms with Crippen LogP contribution in [0, 0.1) is 6.92 Å². The molecule has 1 aromatic carbocycles. The van der Waals surface area contributed by atoms with Crippen LogP contribution in [0.4, 0.5) is 5.82 Å². The zero-order chi connectivity index (χ0) is 16.9. The smallest absolute Gasteiger partial charge is 0.363 e. The molecular weight excluding hydrogens is 326 g/mol. The van der Waals surface area contributed by atoms with Gasteiger partial charge < -0.3 is 10.1 Å². The molecule has 0 radical (unpaired) electrons. The van der Waals surface area contributed by atoms with Crippen molar-refractivity contribution in [3.63, 3.8) is 0 Å². The van der Waals surface area contributed by atoms with Gasteiger partial charge in [0.1, 0.15) is 11.4 Å². The minimum atomic E-state index is -0.459. The number of nitrogens with one attached hydrogen (secondary N) is 2. The minimum Gasteiger partial charge on any atom is -0.497 e. The lowest BCUT2D eigenvalue weighted by Gasteiger charge is -2.05. The van der Waals surface area contributed by atoms with E-state index in [1.807, 2.05) is 29.6 Å². The molecule has 0 amide bonds. The highest BCUT2D eigenvalue weighted by Gasteiger charge is 2.06. The molecule has 124 valence electrons. The summed E-state index contributed by atoms with van der Waals surface area (Å²) < 4.78 is 5.16. The van der Waals surface area contributed by atoms with Crippen LogP contribution in [0.15, 0.2) is 34.4 Å². The third-order valence-corrected chi connectivity index (χ3v) is 4.35. The molecule has 0 fully saturated rings. The second-order valence-corrected chi connectivity index (χ2v) is 6.05. The number of thiazole rings is 1. The molecule has 0 aliphatic heterocycles. The van der Waals surface area contributed by atoms with E-state index in [0.29, 0.717) is 18.1 Å². The van der Waals surface area contributed by atoms with E-state index in [9.17, 15) is 4.79 Å². The van der Waals surface area contributed by atoms with E-state index in [0.717, 1.165) is 28.4 Å². The molecule has 7 nitrogen and oxygen atoms in total. The van der Waals surface area contributed by atoms with Gasteiger partial charge in [-0.1, -0.05) is 0 Å². The molecule has 2 aromatic heterocycles. The van der Waals surface area contributed by atoms with Gasteiger partial charge in [0.25, 0.3) is 0 Å². The molecule has 0 saturated carbocycles. The highest BCUT2D eigenvalue weighted by Crippen LogP contribution is 2.24. The summed E-state index contributed by atoms with van der Waals surface area (Å²) in [6.07, 6.45) is 0.745. The maximum absolute atomic E-state index is 11.2. The Morgan fingerprint density at radius 2 is 2.04 bits per heavy atom. The van der Waals surface area contributed by atoms with E-state index in [2.05, 4.69) is 25.5 Å². The van der Waals surface area contributed by atoms with Crippen molar-refractivity contribution in [2.45, 2.75) is 13.3 Å². The summed E-state index contributed by atoms with van der Waals surface area (Å²) in [7, 11) is 1.65. The summed E-state index contributed by atoms with van der Waals surface area (Å²) in [6, 6.07) is 7.82. The number of rotatable bonds is 6. The highest BCUT2D eigenvalue weighted by atomic mass is 32.1. The van der Waals surface area contributed by atoms with Gasteiger partial charge in [0, 0.05) is 23.9 Å². The summed E-state index contributed by atoms with van der Waals surface area (Å²) in [6.45, 7) is 2.42. The maximum Gasteiger partial charge on any atom is 0.363 e. The number of aryl methyl sites for hydroxylation is 1. The Bertz CT molecular complexity index is 873. The van der Waals surface area contributed by atoms with Crippen LogP contribution in [0.25, 0.3) is 11.3 Å². The highest BCUT2D eigenvalue weighted by molar-refractivity contribution is 7.09. The van der Waals surface area contributed by atoms with E-state index in [4.69, 9.17) is 4.74 Å². The normalized spacial score (nSPS) is 10.6. The first-order chi connectivity index (χ1) is 11.7. The lowest BCUT2D eigenvalue weighted by Crippen LogP contribution is -2.18. The summed E-state index contributed by atoms with van der Waals surface area (Å²) in [5.74, 6) is 1.33. The number of hydrogen-bond acceptors (Lipinski definition) is 7. The number of H-pyrrole nitrogens is 1. The zero-order valence-corrected chi connectivity index (χ0v) is 14.2. The minimum absolute atomic E-state index is 0.459. The summed E-state index contributed by atoms with van der Waals surface area (Å²) in [4.78, 5) is 19.7. The van der Waals surface area contributed by atoms with Gasteiger partial charge in [0.15, 0.2) is 5.82 Å². The van der Waals surface area contributed by atoms with Crippen molar-refractivity contribution in [2.24, 2.45) is 0 Å². The van der Waals surface area contributed by atoms with Crippen molar-refractivity contribution in [1.29, 1.82) is 0 Å². The van der Waals surface area contributed by atoms with Gasteiger partial charge >= 0.3 is 5.69 Å². The Kier molecular flexibility index (Phi) is 4.85. The molecule has 0 aliphatic carbocycles. The van der Waals surface area contributed by atoms with Crippen LogP contribution in [0.3, 0.4) is 0 Å². The largest absolute Gasteiger partial charge is 0.497 e. The summed E-state index contributed by atoms with van der Waals surface area (Å²) in [5, 5.41) is 12.4. The number of nitrogens with zero attached hydrogens (tertiary/aromatic N) is 3. The molecule has 0 unspecified atom stereocenters. The second-order valence-electron chi connectivity index (χ2n) is 5.11. The molecule has 3 aromatic rings. The van der Waals surface area contributed by atoms with E-state index < -0.39 is 5.69 Å². The topological polar surface area (TPSA) is 92.8 Å². The van der Waals surface area contributed by atoms with Crippen LogP contribution in [-0.4, -0.2) is 33.8 Å². The number of aromatic amines is 1. The number of methoxy groups -OCH3 is 1. The average molecular weight is 343 g/mol. The Morgan fingerprint density at radius 1 is 1.25 bits per heavy atom. The standard InChI is InChI=1S/C16H17N5O2S/c1-10-15(19-16(22)21-20-10)17-8-7-14-18-13(9-24-14)11-3-5-12(23-2)6-4-11/h3-6,9H,7-8H2,1-2H3,(H2,17,19,21,22). The van der Waals surface area contributed by atoms with E-state index >= 15 is 0 Å². The van der Waals surface area contributed by atoms with Crippen molar-refractivity contribution < 1.29 is 4.74 Å². The molecule has 0 atom stereocenters. The zero-order valence-electron chi connectivity index (χ0n) is 13.4. The van der Waals surface area contributed by atoms with Crippen molar-refractivity contribution in [3.05, 3.63) is 50.8 Å². The van der Waals surface area contributed by atoms with Crippen molar-refractivity contribution in [2.75, 3.05) is 19.0 Å². The van der Waals surface area contributed by atoms with Crippen molar-refractivity contribution in [3.8, 4) is 17.0 Å². The SMILES string of the molecule is COc1ccc(-c2csc(CCNc3nc(=O)[nH]nc3C)n2)cc1. The maximum atomic E-state index is 11.2. The van der Waals surface area contributed by atoms with Crippen LogP contribution < -0.4 is 15.7 Å². The third-order valence-electron chi connectivity index (χ3n) is 3.44. The van der Waals surface area contributed by atoms with Gasteiger partial charge in [-0.2, -0.15) is 10.1 Å². The number of hydrogen-bond donors (Lipinski definition) is 2. The molecular formula is C16H17N5O2S. The van der Waals surface area contributed by atoms with Crippen molar-refractivity contribution in [1.82, 2.24) is 20.2 Å². The first-order valence-electron chi connectivity index (χ1n) is 7.42. The fourth-order valence-corrected chi connectivity index (χ4v) is 2.97. The molecule has 0 saturated heterocycles. The lowest BCUT2D eigenvalue weighted by molar-refractivity contribution is 0.415.